The van der Waals surface area contributed by atoms with Gasteiger partial charge in [-0.15, -0.1) is 0 Å². The van der Waals surface area contributed by atoms with Crippen molar-refractivity contribution in [3.05, 3.63) is 90.5 Å². The van der Waals surface area contributed by atoms with Gasteiger partial charge in [0.25, 0.3) is 17.5 Å². The van der Waals surface area contributed by atoms with Crippen molar-refractivity contribution in [2.24, 2.45) is 0 Å². The molecule has 0 spiro atoms. The minimum atomic E-state index is -0.738. The second kappa shape index (κ2) is 13.4. The number of carbonyl (C=O) groups is 2. The van der Waals surface area contributed by atoms with Crippen LogP contribution < -0.4 is 20.1 Å². The normalized spacial score (nSPS) is 10.7. The van der Waals surface area contributed by atoms with Crippen molar-refractivity contribution < 1.29 is 24.0 Å². The van der Waals surface area contributed by atoms with E-state index in [-0.39, 0.29) is 23.6 Å². The number of hydrogen-bond acceptors (Lipinski definition) is 7. The van der Waals surface area contributed by atoms with E-state index in [4.69, 9.17) is 21.1 Å². The van der Waals surface area contributed by atoms with Gasteiger partial charge in [-0.1, -0.05) is 29.8 Å². The molecule has 0 aliphatic rings. The number of anilines is 2. The summed E-state index contributed by atoms with van der Waals surface area (Å²) in [5.41, 5.74) is 0.667. The van der Waals surface area contributed by atoms with Crippen molar-refractivity contribution in [3.63, 3.8) is 0 Å². The molecule has 0 atom stereocenters. The van der Waals surface area contributed by atoms with Crippen LogP contribution in [0.25, 0.3) is 6.08 Å². The molecule has 0 aliphatic heterocycles. The Balaban J connectivity index is 1.78. The van der Waals surface area contributed by atoms with E-state index in [9.17, 15) is 25.0 Å². The summed E-state index contributed by atoms with van der Waals surface area (Å²) in [7, 11) is 0. The highest BCUT2D eigenvalue weighted by Gasteiger charge is 2.17. The Kier molecular flexibility index (Phi) is 10.0. The molecule has 38 heavy (non-hydrogen) atoms. The van der Waals surface area contributed by atoms with Crippen LogP contribution in [0.3, 0.4) is 0 Å². The third kappa shape index (κ3) is 7.67. The number of benzene rings is 3. The van der Waals surface area contributed by atoms with Gasteiger partial charge in [-0.3, -0.25) is 19.7 Å². The number of hydrogen-bond donors (Lipinski definition) is 2. The summed E-state index contributed by atoms with van der Waals surface area (Å²) in [6.07, 6.45) is 1.35. The SMILES string of the molecule is CCOc1cc(/C=C(/C#N)C(=O)Nc2cccc([N+](=O)[O-])c2)cc(I)c1OCC(=O)Nc1ccccc1Cl. The Morgan fingerprint density at radius 2 is 1.89 bits per heavy atom. The fourth-order valence-corrected chi connectivity index (χ4v) is 4.14. The van der Waals surface area contributed by atoms with Gasteiger partial charge in [0.15, 0.2) is 18.1 Å². The monoisotopic (exact) mass is 646 g/mol. The summed E-state index contributed by atoms with van der Waals surface area (Å²) in [5, 5.41) is 26.1. The predicted molar refractivity (Wildman–Crippen MR) is 151 cm³/mol. The Labute approximate surface area is 236 Å². The zero-order valence-corrected chi connectivity index (χ0v) is 22.8. The highest BCUT2D eigenvalue weighted by molar-refractivity contribution is 14.1. The van der Waals surface area contributed by atoms with Gasteiger partial charge < -0.3 is 20.1 Å². The quantitative estimate of drug-likeness (QED) is 0.0930. The van der Waals surface area contributed by atoms with Crippen molar-refractivity contribution >= 4 is 69.1 Å². The van der Waals surface area contributed by atoms with Crippen LogP contribution in [0.5, 0.6) is 11.5 Å². The van der Waals surface area contributed by atoms with Crippen LogP contribution in [-0.4, -0.2) is 30.0 Å². The number of nitrogens with zero attached hydrogens (tertiary/aromatic N) is 2. The van der Waals surface area contributed by atoms with E-state index >= 15 is 0 Å². The molecule has 2 N–H and O–H groups in total. The molecule has 0 fully saturated rings. The fourth-order valence-electron chi connectivity index (χ4n) is 3.17. The van der Waals surface area contributed by atoms with E-state index < -0.39 is 16.7 Å². The number of rotatable bonds is 10. The first-order chi connectivity index (χ1) is 18.2. The van der Waals surface area contributed by atoms with Crippen LogP contribution in [0.15, 0.2) is 66.2 Å². The largest absolute Gasteiger partial charge is 0.490 e. The third-order valence-electron chi connectivity index (χ3n) is 4.82. The number of ether oxygens (including phenoxy) is 2. The summed E-state index contributed by atoms with van der Waals surface area (Å²) >= 11 is 8.07. The number of non-ortho nitro benzene ring substituents is 1. The van der Waals surface area contributed by atoms with Crippen LogP contribution in [0.1, 0.15) is 12.5 Å². The highest BCUT2D eigenvalue weighted by atomic mass is 127. The fraction of sp³-hybridized carbons (Fsp3) is 0.115. The molecule has 0 radical (unpaired) electrons. The van der Waals surface area contributed by atoms with Crippen LogP contribution in [0.4, 0.5) is 17.1 Å². The Morgan fingerprint density at radius 1 is 1.13 bits per heavy atom. The van der Waals surface area contributed by atoms with Gasteiger partial charge >= 0.3 is 0 Å². The van der Waals surface area contributed by atoms with Crippen LogP contribution in [0, 0.1) is 25.0 Å². The van der Waals surface area contributed by atoms with Gasteiger partial charge in [0.1, 0.15) is 11.6 Å². The van der Waals surface area contributed by atoms with Crippen molar-refractivity contribution in [2.75, 3.05) is 23.8 Å². The minimum absolute atomic E-state index is 0.175. The Hall–Kier alpha value is -4.15. The van der Waals surface area contributed by atoms with Crippen molar-refractivity contribution in [2.45, 2.75) is 6.92 Å². The topological polar surface area (TPSA) is 144 Å². The number of para-hydroxylation sites is 1. The predicted octanol–water partition coefficient (Wildman–Crippen LogP) is 5.81. The van der Waals surface area contributed by atoms with Crippen molar-refractivity contribution in [1.82, 2.24) is 0 Å². The molecule has 3 aromatic rings. The molecule has 0 aromatic heterocycles. The zero-order valence-electron chi connectivity index (χ0n) is 19.9. The molecule has 12 heteroatoms. The lowest BCUT2D eigenvalue weighted by molar-refractivity contribution is -0.384. The number of nitriles is 1. The smallest absolute Gasteiger partial charge is 0.271 e. The van der Waals surface area contributed by atoms with Crippen molar-refractivity contribution in [3.8, 4) is 17.6 Å². The first-order valence-electron chi connectivity index (χ1n) is 11.0. The number of nitro benzene ring substituents is 1. The summed E-state index contributed by atoms with van der Waals surface area (Å²) in [6, 6.07) is 17.3. The van der Waals surface area contributed by atoms with Gasteiger partial charge in [0.2, 0.25) is 0 Å². The molecule has 0 unspecified atom stereocenters. The summed E-state index contributed by atoms with van der Waals surface area (Å²) < 4.78 is 12.0. The van der Waals surface area contributed by atoms with E-state index in [0.717, 1.165) is 0 Å². The summed E-state index contributed by atoms with van der Waals surface area (Å²) in [4.78, 5) is 35.4. The maximum absolute atomic E-state index is 12.7. The average molecular weight is 647 g/mol. The average Bonchev–Trinajstić information content (AvgIpc) is 2.88. The first kappa shape index (κ1) is 28.4. The van der Waals surface area contributed by atoms with Crippen molar-refractivity contribution in [1.29, 1.82) is 5.26 Å². The Morgan fingerprint density at radius 3 is 2.58 bits per heavy atom. The molecule has 194 valence electrons. The van der Waals surface area contributed by atoms with E-state index in [0.29, 0.717) is 37.9 Å². The minimum Gasteiger partial charge on any atom is -0.490 e. The van der Waals surface area contributed by atoms with E-state index in [1.165, 1.54) is 30.3 Å². The molecule has 0 saturated carbocycles. The zero-order chi connectivity index (χ0) is 27.7. The standard InChI is InChI=1S/C26H20ClIN4O6/c1-2-37-23-12-16(10-17(14-29)26(34)30-18-6-5-7-19(13-18)32(35)36)11-21(28)25(23)38-15-24(33)31-22-9-4-3-8-20(22)27/h3-13H,2,15H2,1H3,(H,30,34)(H,31,33)/b17-10-. The molecule has 0 heterocycles. The molecule has 3 aromatic carbocycles. The maximum Gasteiger partial charge on any atom is 0.271 e. The molecule has 2 amide bonds. The van der Waals surface area contributed by atoms with Gasteiger partial charge in [-0.25, -0.2) is 0 Å². The Bertz CT molecular complexity index is 1450. The number of carbonyl (C=O) groups excluding carboxylic acids is 2. The van der Waals surface area contributed by atoms with E-state index in [1.807, 2.05) is 28.7 Å². The second-order valence-electron chi connectivity index (χ2n) is 7.51. The van der Waals surface area contributed by atoms with Gasteiger partial charge in [0, 0.05) is 17.8 Å². The maximum atomic E-state index is 12.7. The molecule has 0 aliphatic carbocycles. The summed E-state index contributed by atoms with van der Waals surface area (Å²) in [5.74, 6) is -0.534. The van der Waals surface area contributed by atoms with Gasteiger partial charge in [-0.2, -0.15) is 5.26 Å². The lowest BCUT2D eigenvalue weighted by Crippen LogP contribution is -2.21. The number of amides is 2. The van der Waals surface area contributed by atoms with Crippen LogP contribution in [0.2, 0.25) is 5.02 Å². The second-order valence-corrected chi connectivity index (χ2v) is 9.08. The highest BCUT2D eigenvalue weighted by Crippen LogP contribution is 2.35. The van der Waals surface area contributed by atoms with E-state index in [2.05, 4.69) is 10.6 Å². The van der Waals surface area contributed by atoms with Crippen LogP contribution >= 0.6 is 34.2 Å². The molecule has 0 saturated heterocycles. The third-order valence-corrected chi connectivity index (χ3v) is 5.95. The molecule has 3 rings (SSSR count). The lowest BCUT2D eigenvalue weighted by Gasteiger charge is -2.15. The van der Waals surface area contributed by atoms with E-state index in [1.54, 1.807) is 43.3 Å². The number of nitro groups is 1. The first-order valence-corrected chi connectivity index (χ1v) is 12.5. The van der Waals surface area contributed by atoms with Gasteiger partial charge in [0.05, 0.1) is 25.8 Å². The van der Waals surface area contributed by atoms with Gasteiger partial charge in [-0.05, 0) is 71.5 Å². The summed E-state index contributed by atoms with van der Waals surface area (Å²) in [6.45, 7) is 1.76. The molecular formula is C26H20ClIN4O6. The molecule has 10 nitrogen and oxygen atoms in total. The number of halogens is 2. The molecule has 0 bridgehead atoms. The molecular weight excluding hydrogens is 627 g/mol. The lowest BCUT2D eigenvalue weighted by atomic mass is 10.1. The number of nitrogens with one attached hydrogen (secondary N) is 2. The van der Waals surface area contributed by atoms with Crippen LogP contribution in [-0.2, 0) is 9.59 Å².